The summed E-state index contributed by atoms with van der Waals surface area (Å²) in [4.78, 5) is 18.2. The molecule has 0 bridgehead atoms. The van der Waals surface area contributed by atoms with Gasteiger partial charge in [-0.25, -0.2) is 5.48 Å². The number of ether oxygens (including phenoxy) is 1. The Morgan fingerprint density at radius 3 is 1.92 bits per heavy atom. The van der Waals surface area contributed by atoms with Crippen molar-refractivity contribution in [2.45, 2.75) is 136 Å². The van der Waals surface area contributed by atoms with E-state index in [0.29, 0.717) is 13.0 Å². The molecule has 6 nitrogen and oxygen atoms in total. The second kappa shape index (κ2) is 19.6. The average Bonchev–Trinajstić information content (AvgIpc) is 2.85. The molecule has 0 aliphatic rings. The number of hydrogen-bond acceptors (Lipinski definition) is 5. The zero-order valence-electron chi connectivity index (χ0n) is 23.3. The first-order chi connectivity index (χ1) is 17.2. The molecule has 1 aromatic carbocycles. The van der Waals surface area contributed by atoms with Crippen LogP contribution in [0.5, 0.6) is 0 Å². The van der Waals surface area contributed by atoms with Gasteiger partial charge in [-0.05, 0) is 32.8 Å². The fourth-order valence-electron chi connectivity index (χ4n) is 4.12. The summed E-state index contributed by atoms with van der Waals surface area (Å²) < 4.78 is 5.74. The zero-order chi connectivity index (χ0) is 26.7. The van der Waals surface area contributed by atoms with Gasteiger partial charge in [-0.3, -0.25) is 9.63 Å². The van der Waals surface area contributed by atoms with Crippen LogP contribution in [0.2, 0.25) is 0 Å². The first-order valence-corrected chi connectivity index (χ1v) is 14.2. The largest absolute Gasteiger partial charge is 0.390 e. The normalized spacial score (nSPS) is 14.4. The molecule has 0 unspecified atom stereocenters. The fraction of sp³-hybridized carbons (Fsp3) is 0.767. The van der Waals surface area contributed by atoms with E-state index in [9.17, 15) is 15.0 Å². The summed E-state index contributed by atoms with van der Waals surface area (Å²) in [6.45, 7) is 8.05. The van der Waals surface area contributed by atoms with Gasteiger partial charge in [0.05, 0.1) is 36.9 Å². The van der Waals surface area contributed by atoms with Crippen molar-refractivity contribution in [1.29, 1.82) is 0 Å². The smallest absolute Gasteiger partial charge is 0.251 e. The number of carbonyl (C=O) groups excluding carboxylic acids is 1. The molecule has 0 fully saturated rings. The molecular formula is C30H53NO5. The Kier molecular flexibility index (Phi) is 17.7. The molecule has 1 amide bonds. The van der Waals surface area contributed by atoms with Gasteiger partial charge in [0, 0.05) is 0 Å². The van der Waals surface area contributed by atoms with Gasteiger partial charge in [0.25, 0.3) is 5.91 Å². The van der Waals surface area contributed by atoms with Gasteiger partial charge in [-0.2, -0.15) is 0 Å². The second-order valence-corrected chi connectivity index (χ2v) is 11.0. The molecule has 208 valence electrons. The molecule has 0 spiro atoms. The maximum Gasteiger partial charge on any atom is 0.251 e. The number of hydrogen-bond donors (Lipinski definition) is 3. The standard InChI is InChI=1S/C30H53NO5/c1-5-6-7-8-9-10-11-12-13-14-15-19-22-27(32)28(33)26(29(34)31-36-30(2,3)4)24-35-23-25-20-17-16-18-21-25/h16-18,20-21,26-28,32-33H,5-15,19,22-24H2,1-4H3,(H,31,34)/t26-,27-,28-/m0/s1. The Hall–Kier alpha value is -1.47. The number of rotatable bonds is 21. The van der Waals surface area contributed by atoms with E-state index in [1.54, 1.807) is 0 Å². The molecule has 0 aliphatic carbocycles. The van der Waals surface area contributed by atoms with Crippen LogP contribution in [0.15, 0.2) is 30.3 Å². The van der Waals surface area contributed by atoms with E-state index in [0.717, 1.165) is 24.8 Å². The molecule has 0 radical (unpaired) electrons. The third kappa shape index (κ3) is 16.3. The molecule has 1 rings (SSSR count). The molecule has 0 heterocycles. The number of unbranched alkanes of at least 4 members (excludes halogenated alkanes) is 11. The number of aliphatic hydroxyl groups is 2. The van der Waals surface area contributed by atoms with Crippen molar-refractivity contribution >= 4 is 5.91 Å². The van der Waals surface area contributed by atoms with Crippen LogP contribution < -0.4 is 5.48 Å². The van der Waals surface area contributed by atoms with E-state index in [-0.39, 0.29) is 6.61 Å². The van der Waals surface area contributed by atoms with Crippen molar-refractivity contribution < 1.29 is 24.6 Å². The number of hydroxylamine groups is 1. The molecule has 1 aromatic rings. The van der Waals surface area contributed by atoms with Crippen molar-refractivity contribution in [3.63, 3.8) is 0 Å². The van der Waals surface area contributed by atoms with Crippen LogP contribution in [0.4, 0.5) is 0 Å². The maximum atomic E-state index is 12.8. The molecule has 0 aromatic heterocycles. The highest BCUT2D eigenvalue weighted by Gasteiger charge is 2.33. The van der Waals surface area contributed by atoms with Crippen LogP contribution in [0.1, 0.15) is 117 Å². The Balaban J connectivity index is 2.36. The van der Waals surface area contributed by atoms with Crippen LogP contribution in [0, 0.1) is 5.92 Å². The predicted octanol–water partition coefficient (Wildman–Crippen LogP) is 6.48. The Labute approximate surface area is 220 Å². The SMILES string of the molecule is CCCCCCCCCCCCCC[C@H](O)[C@@H](O)[C@H](COCc1ccccc1)C(=O)NOC(C)(C)C. The lowest BCUT2D eigenvalue weighted by atomic mass is 9.94. The molecule has 0 aliphatic heterocycles. The van der Waals surface area contributed by atoms with Crippen molar-refractivity contribution in [3.05, 3.63) is 35.9 Å². The monoisotopic (exact) mass is 507 g/mol. The number of carbonyl (C=O) groups is 1. The van der Waals surface area contributed by atoms with Gasteiger partial charge < -0.3 is 14.9 Å². The second-order valence-electron chi connectivity index (χ2n) is 11.0. The molecule has 3 N–H and O–H groups in total. The van der Waals surface area contributed by atoms with Gasteiger partial charge in [-0.15, -0.1) is 0 Å². The van der Waals surface area contributed by atoms with Crippen molar-refractivity contribution in [3.8, 4) is 0 Å². The summed E-state index contributed by atoms with van der Waals surface area (Å²) in [5.41, 5.74) is 2.85. The van der Waals surface area contributed by atoms with Crippen molar-refractivity contribution in [2.24, 2.45) is 5.92 Å². The molecule has 0 saturated heterocycles. The third-order valence-electron chi connectivity index (χ3n) is 6.36. The average molecular weight is 508 g/mol. The summed E-state index contributed by atoms with van der Waals surface area (Å²) >= 11 is 0. The van der Waals surface area contributed by atoms with Crippen molar-refractivity contribution in [2.75, 3.05) is 6.61 Å². The lowest BCUT2D eigenvalue weighted by molar-refractivity contribution is -0.159. The van der Waals surface area contributed by atoms with Crippen LogP contribution in [-0.4, -0.2) is 40.5 Å². The zero-order valence-corrected chi connectivity index (χ0v) is 23.3. The minimum Gasteiger partial charge on any atom is -0.390 e. The summed E-state index contributed by atoms with van der Waals surface area (Å²) in [5.74, 6) is -1.41. The van der Waals surface area contributed by atoms with E-state index < -0.39 is 29.6 Å². The minimum atomic E-state index is -1.22. The molecule has 3 atom stereocenters. The lowest BCUT2D eigenvalue weighted by Crippen LogP contribution is -2.47. The van der Waals surface area contributed by atoms with E-state index in [4.69, 9.17) is 9.57 Å². The third-order valence-corrected chi connectivity index (χ3v) is 6.36. The van der Waals surface area contributed by atoms with Crippen LogP contribution in [0.25, 0.3) is 0 Å². The van der Waals surface area contributed by atoms with Gasteiger partial charge in [0.1, 0.15) is 0 Å². The van der Waals surface area contributed by atoms with E-state index in [1.807, 2.05) is 51.1 Å². The van der Waals surface area contributed by atoms with Crippen LogP contribution >= 0.6 is 0 Å². The Morgan fingerprint density at radius 1 is 0.861 bits per heavy atom. The molecule has 0 saturated carbocycles. The number of aliphatic hydroxyl groups excluding tert-OH is 2. The maximum absolute atomic E-state index is 12.8. The number of amides is 1. The summed E-state index contributed by atoms with van der Waals surface area (Å²) in [6, 6.07) is 9.66. The molecule has 36 heavy (non-hydrogen) atoms. The first kappa shape index (κ1) is 32.6. The molecular weight excluding hydrogens is 454 g/mol. The van der Waals surface area contributed by atoms with Gasteiger partial charge in [0.15, 0.2) is 0 Å². The fourth-order valence-corrected chi connectivity index (χ4v) is 4.12. The summed E-state index contributed by atoms with van der Waals surface area (Å²) in [6.07, 6.45) is 13.1. The predicted molar refractivity (Wildman–Crippen MR) is 146 cm³/mol. The van der Waals surface area contributed by atoms with E-state index >= 15 is 0 Å². The van der Waals surface area contributed by atoms with Crippen LogP contribution in [0.3, 0.4) is 0 Å². The van der Waals surface area contributed by atoms with E-state index in [2.05, 4.69) is 12.4 Å². The first-order valence-electron chi connectivity index (χ1n) is 14.2. The van der Waals surface area contributed by atoms with Gasteiger partial charge in [-0.1, -0.05) is 114 Å². The van der Waals surface area contributed by atoms with E-state index in [1.165, 1.54) is 57.8 Å². The molecule has 6 heteroatoms. The number of nitrogens with one attached hydrogen (secondary N) is 1. The summed E-state index contributed by atoms with van der Waals surface area (Å²) in [5, 5.41) is 21.4. The van der Waals surface area contributed by atoms with Crippen LogP contribution in [-0.2, 0) is 21.0 Å². The number of benzene rings is 1. The van der Waals surface area contributed by atoms with Gasteiger partial charge >= 0.3 is 0 Å². The van der Waals surface area contributed by atoms with Gasteiger partial charge in [0.2, 0.25) is 0 Å². The Morgan fingerprint density at radius 2 is 1.39 bits per heavy atom. The summed E-state index contributed by atoms with van der Waals surface area (Å²) in [7, 11) is 0. The highest BCUT2D eigenvalue weighted by Crippen LogP contribution is 2.18. The Bertz CT molecular complexity index is 661. The minimum absolute atomic E-state index is 0.00903. The van der Waals surface area contributed by atoms with Crippen molar-refractivity contribution in [1.82, 2.24) is 5.48 Å². The topological polar surface area (TPSA) is 88.0 Å². The highest BCUT2D eigenvalue weighted by molar-refractivity contribution is 5.78. The quantitative estimate of drug-likeness (QED) is 0.131. The lowest BCUT2D eigenvalue weighted by Gasteiger charge is -2.27. The highest BCUT2D eigenvalue weighted by atomic mass is 16.7.